The Morgan fingerprint density at radius 3 is 2.00 bits per heavy atom. The largest absolute Gasteiger partial charge is 0.315 e. The molecule has 0 radical (unpaired) electrons. The summed E-state index contributed by atoms with van der Waals surface area (Å²) in [6.45, 7) is 10.5. The fraction of sp³-hybridized carbons (Fsp3) is 0.458. The zero-order chi connectivity index (χ0) is 22.2. The highest BCUT2D eigenvalue weighted by atomic mass is 32.2. The standard InChI is InChI=1S/C24H32N2O3S/c1-16-13-19(4)23(20(5)14-16)30(28,29)26-11-9-21(10-12-26)24(27)25(6)22-8-7-17(2)18(3)15-22/h7-8,13-15,21H,9-12H2,1-6H3. The van der Waals surface area contributed by atoms with Gasteiger partial charge in [-0.15, -0.1) is 0 Å². The highest BCUT2D eigenvalue weighted by Gasteiger charge is 2.34. The van der Waals surface area contributed by atoms with Crippen LogP contribution in [0.3, 0.4) is 0 Å². The van der Waals surface area contributed by atoms with Gasteiger partial charge in [-0.25, -0.2) is 8.42 Å². The van der Waals surface area contributed by atoms with Gasteiger partial charge in [0.2, 0.25) is 15.9 Å². The van der Waals surface area contributed by atoms with Crippen LogP contribution in [0, 0.1) is 40.5 Å². The van der Waals surface area contributed by atoms with E-state index in [9.17, 15) is 13.2 Å². The molecule has 0 saturated carbocycles. The van der Waals surface area contributed by atoms with Crippen LogP contribution in [-0.4, -0.2) is 38.8 Å². The molecule has 2 aromatic rings. The Kier molecular flexibility index (Phi) is 6.39. The number of carbonyl (C=O) groups is 1. The van der Waals surface area contributed by atoms with Crippen molar-refractivity contribution in [2.45, 2.75) is 52.4 Å². The van der Waals surface area contributed by atoms with Crippen LogP contribution in [0.15, 0.2) is 35.2 Å². The molecule has 0 atom stereocenters. The number of nitrogens with zero attached hydrogens (tertiary/aromatic N) is 2. The maximum Gasteiger partial charge on any atom is 0.243 e. The molecule has 0 bridgehead atoms. The molecule has 0 unspecified atom stereocenters. The van der Waals surface area contributed by atoms with Crippen LogP contribution >= 0.6 is 0 Å². The third kappa shape index (κ3) is 4.30. The maximum atomic E-state index is 13.3. The molecule has 1 fully saturated rings. The first-order chi connectivity index (χ1) is 14.0. The molecule has 1 aliphatic rings. The van der Waals surface area contributed by atoms with Crippen molar-refractivity contribution in [2.75, 3.05) is 25.0 Å². The van der Waals surface area contributed by atoms with Crippen molar-refractivity contribution >= 4 is 21.6 Å². The van der Waals surface area contributed by atoms with Crippen molar-refractivity contribution in [3.05, 3.63) is 58.1 Å². The van der Waals surface area contributed by atoms with E-state index in [1.54, 1.807) is 11.9 Å². The van der Waals surface area contributed by atoms with Gasteiger partial charge in [-0.05, 0) is 81.8 Å². The van der Waals surface area contributed by atoms with E-state index in [1.165, 1.54) is 9.87 Å². The minimum absolute atomic E-state index is 0.0537. The second-order valence-corrected chi connectivity index (χ2v) is 10.4. The van der Waals surface area contributed by atoms with Crippen LogP contribution in [0.25, 0.3) is 0 Å². The molecule has 3 rings (SSSR count). The van der Waals surface area contributed by atoms with Gasteiger partial charge >= 0.3 is 0 Å². The van der Waals surface area contributed by atoms with Gasteiger partial charge in [0.15, 0.2) is 0 Å². The maximum absolute atomic E-state index is 13.3. The van der Waals surface area contributed by atoms with E-state index >= 15 is 0 Å². The summed E-state index contributed by atoms with van der Waals surface area (Å²) in [4.78, 5) is 15.1. The SMILES string of the molecule is Cc1cc(C)c(S(=O)(=O)N2CCC(C(=O)N(C)c3ccc(C)c(C)c3)CC2)c(C)c1. The van der Waals surface area contributed by atoms with E-state index in [4.69, 9.17) is 0 Å². The minimum atomic E-state index is -3.56. The van der Waals surface area contributed by atoms with Gasteiger partial charge in [-0.3, -0.25) is 4.79 Å². The minimum Gasteiger partial charge on any atom is -0.315 e. The molecule has 0 spiro atoms. The van der Waals surface area contributed by atoms with Gasteiger partial charge < -0.3 is 4.90 Å². The lowest BCUT2D eigenvalue weighted by Gasteiger charge is -2.33. The molecule has 0 aliphatic carbocycles. The van der Waals surface area contributed by atoms with Crippen LogP contribution in [0.4, 0.5) is 5.69 Å². The lowest BCUT2D eigenvalue weighted by molar-refractivity contribution is -0.123. The second-order valence-electron chi connectivity index (χ2n) is 8.57. The summed E-state index contributed by atoms with van der Waals surface area (Å²) in [5, 5.41) is 0. The molecular formula is C24H32N2O3S. The molecule has 1 heterocycles. The Morgan fingerprint density at radius 2 is 1.47 bits per heavy atom. The van der Waals surface area contributed by atoms with Gasteiger partial charge in [0.05, 0.1) is 4.90 Å². The molecule has 1 aliphatic heterocycles. The summed E-state index contributed by atoms with van der Waals surface area (Å²) in [7, 11) is -1.76. The number of anilines is 1. The molecule has 6 heteroatoms. The topological polar surface area (TPSA) is 57.7 Å². The van der Waals surface area contributed by atoms with Gasteiger partial charge in [0.25, 0.3) is 0 Å². The molecule has 0 N–H and O–H groups in total. The predicted molar refractivity (Wildman–Crippen MR) is 121 cm³/mol. The third-order valence-corrected chi connectivity index (χ3v) is 8.42. The van der Waals surface area contributed by atoms with E-state index in [2.05, 4.69) is 6.92 Å². The zero-order valence-corrected chi connectivity index (χ0v) is 19.6. The van der Waals surface area contributed by atoms with Crippen molar-refractivity contribution in [3.8, 4) is 0 Å². The van der Waals surface area contributed by atoms with Crippen LogP contribution in [0.5, 0.6) is 0 Å². The summed E-state index contributed by atoms with van der Waals surface area (Å²) in [6.07, 6.45) is 1.08. The van der Waals surface area contributed by atoms with Crippen LogP contribution in [0.1, 0.15) is 40.7 Å². The monoisotopic (exact) mass is 428 g/mol. The summed E-state index contributed by atoms with van der Waals surface area (Å²) < 4.78 is 28.1. The number of aryl methyl sites for hydroxylation is 5. The van der Waals surface area contributed by atoms with E-state index in [0.717, 1.165) is 27.9 Å². The third-order valence-electron chi connectivity index (χ3n) is 6.21. The lowest BCUT2D eigenvalue weighted by Crippen LogP contribution is -2.43. The Balaban J connectivity index is 1.72. The summed E-state index contributed by atoms with van der Waals surface area (Å²) in [5.41, 5.74) is 5.84. The van der Waals surface area contributed by atoms with Crippen LogP contribution < -0.4 is 4.90 Å². The normalized spacial score (nSPS) is 15.9. The Hall–Kier alpha value is -2.18. The summed E-state index contributed by atoms with van der Waals surface area (Å²) in [5.74, 6) is -0.110. The smallest absolute Gasteiger partial charge is 0.243 e. The van der Waals surface area contributed by atoms with Crippen molar-refractivity contribution < 1.29 is 13.2 Å². The molecule has 0 aromatic heterocycles. The molecule has 30 heavy (non-hydrogen) atoms. The van der Waals surface area contributed by atoms with Gasteiger partial charge in [0, 0.05) is 31.7 Å². The van der Waals surface area contributed by atoms with Gasteiger partial charge in [-0.2, -0.15) is 4.31 Å². The lowest BCUT2D eigenvalue weighted by atomic mass is 9.96. The van der Waals surface area contributed by atoms with Crippen LogP contribution in [0.2, 0.25) is 0 Å². The average Bonchev–Trinajstić information content (AvgIpc) is 2.68. The highest BCUT2D eigenvalue weighted by Crippen LogP contribution is 2.30. The Morgan fingerprint density at radius 1 is 0.900 bits per heavy atom. The average molecular weight is 429 g/mol. The first-order valence-corrected chi connectivity index (χ1v) is 11.9. The summed E-state index contributed by atoms with van der Waals surface area (Å²) in [6, 6.07) is 9.83. The molecule has 5 nitrogen and oxygen atoms in total. The number of piperidine rings is 1. The molecule has 1 saturated heterocycles. The quantitative estimate of drug-likeness (QED) is 0.730. The Bertz CT molecular complexity index is 1040. The summed E-state index contributed by atoms with van der Waals surface area (Å²) >= 11 is 0. The first-order valence-electron chi connectivity index (χ1n) is 10.4. The number of rotatable bonds is 4. The first kappa shape index (κ1) is 22.5. The Labute approximate surface area is 180 Å². The van der Waals surface area contributed by atoms with Crippen LogP contribution in [-0.2, 0) is 14.8 Å². The van der Waals surface area contributed by atoms with E-state index in [1.807, 2.05) is 58.0 Å². The number of hydrogen-bond donors (Lipinski definition) is 0. The highest BCUT2D eigenvalue weighted by molar-refractivity contribution is 7.89. The van der Waals surface area contributed by atoms with Crippen molar-refractivity contribution in [1.82, 2.24) is 4.31 Å². The number of hydrogen-bond acceptors (Lipinski definition) is 3. The van der Waals surface area contributed by atoms with E-state index in [0.29, 0.717) is 30.8 Å². The van der Waals surface area contributed by atoms with Gasteiger partial charge in [0.1, 0.15) is 0 Å². The molecule has 1 amide bonds. The van der Waals surface area contributed by atoms with Crippen molar-refractivity contribution in [1.29, 1.82) is 0 Å². The predicted octanol–water partition coefficient (Wildman–Crippen LogP) is 4.29. The molecular weight excluding hydrogens is 396 g/mol. The number of sulfonamides is 1. The number of amides is 1. The zero-order valence-electron chi connectivity index (χ0n) is 18.8. The van der Waals surface area contributed by atoms with Gasteiger partial charge in [-0.1, -0.05) is 23.8 Å². The fourth-order valence-electron chi connectivity index (χ4n) is 4.38. The number of benzene rings is 2. The number of carbonyl (C=O) groups excluding carboxylic acids is 1. The van der Waals surface area contributed by atoms with Crippen molar-refractivity contribution in [2.24, 2.45) is 5.92 Å². The van der Waals surface area contributed by atoms with E-state index in [-0.39, 0.29) is 11.8 Å². The van der Waals surface area contributed by atoms with Crippen molar-refractivity contribution in [3.63, 3.8) is 0 Å². The van der Waals surface area contributed by atoms with E-state index < -0.39 is 10.0 Å². The molecule has 162 valence electrons. The second kappa shape index (κ2) is 8.52. The molecule has 2 aromatic carbocycles. The fourth-order valence-corrected chi connectivity index (χ4v) is 6.26.